The molecule has 0 N–H and O–H groups in total. The number of hydrogen-bond acceptors (Lipinski definition) is 1. The first-order valence-electron chi connectivity index (χ1n) is 4.32. The molecule has 0 aromatic heterocycles. The zero-order chi connectivity index (χ0) is 10.9. The summed E-state index contributed by atoms with van der Waals surface area (Å²) in [6, 6.07) is -0.205. The van der Waals surface area contributed by atoms with Crippen LogP contribution in [0.25, 0.3) is 0 Å². The van der Waals surface area contributed by atoms with Gasteiger partial charge < -0.3 is 4.90 Å². The van der Waals surface area contributed by atoms with E-state index in [4.69, 9.17) is 0 Å². The van der Waals surface area contributed by atoms with Crippen molar-refractivity contribution in [2.75, 3.05) is 6.54 Å². The molecule has 1 aliphatic carbocycles. The van der Waals surface area contributed by atoms with E-state index in [-0.39, 0.29) is 6.04 Å². The number of alkyl halides is 4. The molecule has 0 heterocycles. The highest BCUT2D eigenvalue weighted by molar-refractivity contribution is 9.10. The Morgan fingerprint density at radius 3 is 2.36 bits per heavy atom. The fourth-order valence-corrected chi connectivity index (χ4v) is 1.46. The molecule has 0 radical (unpaired) electrons. The molecule has 1 saturated carbocycles. The number of carbonyl (C=O) groups is 1. The van der Waals surface area contributed by atoms with E-state index in [0.717, 1.165) is 4.90 Å². The highest BCUT2D eigenvalue weighted by Crippen LogP contribution is 2.31. The highest BCUT2D eigenvalue weighted by atomic mass is 79.9. The van der Waals surface area contributed by atoms with E-state index in [1.807, 2.05) is 0 Å². The van der Waals surface area contributed by atoms with E-state index < -0.39 is 23.5 Å². The maximum atomic E-state index is 12.1. The lowest BCUT2D eigenvalue weighted by atomic mass is 10.3. The largest absolute Gasteiger partial charge is 0.406 e. The van der Waals surface area contributed by atoms with Crippen LogP contribution in [0.4, 0.5) is 13.2 Å². The first kappa shape index (κ1) is 11.8. The molecule has 14 heavy (non-hydrogen) atoms. The van der Waals surface area contributed by atoms with Gasteiger partial charge in [0, 0.05) is 6.04 Å². The SMILES string of the molecule is CC(Br)C(=O)N(CC(F)(F)F)C1CC1. The standard InChI is InChI=1S/C8H11BrF3NO/c1-5(9)7(14)13(6-2-3-6)4-8(10,11)12/h5-6H,2-4H2,1H3. The van der Waals surface area contributed by atoms with Gasteiger partial charge in [-0.05, 0) is 19.8 Å². The average Bonchev–Trinajstić information content (AvgIpc) is 2.79. The molecule has 0 aromatic carbocycles. The van der Waals surface area contributed by atoms with Crippen LogP contribution >= 0.6 is 15.9 Å². The van der Waals surface area contributed by atoms with Crippen molar-refractivity contribution < 1.29 is 18.0 Å². The van der Waals surface area contributed by atoms with Crippen molar-refractivity contribution in [2.45, 2.75) is 36.8 Å². The van der Waals surface area contributed by atoms with E-state index in [0.29, 0.717) is 12.8 Å². The fourth-order valence-electron chi connectivity index (χ4n) is 1.19. The van der Waals surface area contributed by atoms with Crippen molar-refractivity contribution >= 4 is 21.8 Å². The Hall–Kier alpha value is -0.260. The molecule has 0 aliphatic heterocycles. The van der Waals surface area contributed by atoms with Crippen molar-refractivity contribution in [3.05, 3.63) is 0 Å². The van der Waals surface area contributed by atoms with Crippen molar-refractivity contribution in [1.29, 1.82) is 0 Å². The first-order valence-corrected chi connectivity index (χ1v) is 5.24. The number of carbonyl (C=O) groups excluding carboxylic acids is 1. The first-order chi connectivity index (χ1) is 6.31. The third kappa shape index (κ3) is 3.48. The van der Waals surface area contributed by atoms with Crippen LogP contribution in [0.1, 0.15) is 19.8 Å². The van der Waals surface area contributed by atoms with E-state index in [1.54, 1.807) is 0 Å². The Morgan fingerprint density at radius 2 is 2.07 bits per heavy atom. The van der Waals surface area contributed by atoms with Gasteiger partial charge in [-0.1, -0.05) is 15.9 Å². The fraction of sp³-hybridized carbons (Fsp3) is 0.875. The van der Waals surface area contributed by atoms with Crippen LogP contribution in [0.2, 0.25) is 0 Å². The number of amides is 1. The molecule has 1 unspecified atom stereocenters. The molecular formula is C8H11BrF3NO. The van der Waals surface area contributed by atoms with E-state index in [9.17, 15) is 18.0 Å². The Bertz CT molecular complexity index is 225. The normalized spacial score (nSPS) is 19.2. The second kappa shape index (κ2) is 4.08. The van der Waals surface area contributed by atoms with E-state index in [1.165, 1.54) is 6.92 Å². The second-order valence-corrected chi connectivity index (χ2v) is 4.80. The number of halogens is 4. The summed E-state index contributed by atoms with van der Waals surface area (Å²) in [5, 5.41) is 0. The quantitative estimate of drug-likeness (QED) is 0.723. The lowest BCUT2D eigenvalue weighted by molar-refractivity contribution is -0.161. The van der Waals surface area contributed by atoms with E-state index >= 15 is 0 Å². The monoisotopic (exact) mass is 273 g/mol. The summed E-state index contributed by atoms with van der Waals surface area (Å²) in [6.07, 6.45) is -2.94. The summed E-state index contributed by atoms with van der Waals surface area (Å²) in [7, 11) is 0. The zero-order valence-corrected chi connectivity index (χ0v) is 9.23. The van der Waals surface area contributed by atoms with Crippen molar-refractivity contribution in [2.24, 2.45) is 0 Å². The molecule has 1 atom stereocenters. The Balaban J connectivity index is 2.60. The Labute approximate surface area is 88.6 Å². The molecule has 82 valence electrons. The Morgan fingerprint density at radius 1 is 1.57 bits per heavy atom. The van der Waals surface area contributed by atoms with Gasteiger partial charge in [0.25, 0.3) is 0 Å². The van der Waals surface area contributed by atoms with Crippen LogP contribution in [0, 0.1) is 0 Å². The maximum absolute atomic E-state index is 12.1. The Kier molecular flexibility index (Phi) is 3.44. The van der Waals surface area contributed by atoms with Gasteiger partial charge in [0.15, 0.2) is 0 Å². The van der Waals surface area contributed by atoms with E-state index in [2.05, 4.69) is 15.9 Å². The average molecular weight is 274 g/mol. The van der Waals surface area contributed by atoms with Gasteiger partial charge in [-0.15, -0.1) is 0 Å². The van der Waals surface area contributed by atoms with Crippen molar-refractivity contribution in [1.82, 2.24) is 4.90 Å². The lowest BCUT2D eigenvalue weighted by Crippen LogP contribution is -2.43. The summed E-state index contributed by atoms with van der Waals surface area (Å²) in [5.41, 5.74) is 0. The molecule has 6 heteroatoms. The third-order valence-electron chi connectivity index (χ3n) is 1.96. The molecule has 1 rings (SSSR count). The molecule has 0 bridgehead atoms. The van der Waals surface area contributed by atoms with Gasteiger partial charge >= 0.3 is 6.18 Å². The van der Waals surface area contributed by atoms with Gasteiger partial charge in [0.05, 0.1) is 4.83 Å². The molecule has 1 aliphatic rings. The van der Waals surface area contributed by atoms with Crippen LogP contribution < -0.4 is 0 Å². The molecule has 1 amide bonds. The smallest absolute Gasteiger partial charge is 0.330 e. The lowest BCUT2D eigenvalue weighted by Gasteiger charge is -2.24. The number of rotatable bonds is 3. The summed E-state index contributed by atoms with van der Waals surface area (Å²) in [6.45, 7) is 0.403. The van der Waals surface area contributed by atoms with Crippen LogP contribution in [0.15, 0.2) is 0 Å². The molecular weight excluding hydrogens is 263 g/mol. The minimum atomic E-state index is -4.31. The number of hydrogen-bond donors (Lipinski definition) is 0. The molecule has 0 saturated heterocycles. The van der Waals surface area contributed by atoms with Gasteiger partial charge in [-0.2, -0.15) is 13.2 Å². The highest BCUT2D eigenvalue weighted by Gasteiger charge is 2.41. The summed E-state index contributed by atoms with van der Waals surface area (Å²) < 4.78 is 36.3. The van der Waals surface area contributed by atoms with Gasteiger partial charge in [0.1, 0.15) is 6.54 Å². The third-order valence-corrected chi connectivity index (χ3v) is 2.35. The van der Waals surface area contributed by atoms with Crippen LogP contribution in [-0.4, -0.2) is 34.4 Å². The van der Waals surface area contributed by atoms with Crippen molar-refractivity contribution in [3.8, 4) is 0 Å². The predicted octanol–water partition coefficient (Wildman–Crippen LogP) is 2.32. The van der Waals surface area contributed by atoms with Crippen LogP contribution in [0.3, 0.4) is 0 Å². The minimum Gasteiger partial charge on any atom is -0.330 e. The van der Waals surface area contributed by atoms with Gasteiger partial charge in [-0.25, -0.2) is 0 Å². The number of nitrogens with zero attached hydrogens (tertiary/aromatic N) is 1. The topological polar surface area (TPSA) is 20.3 Å². The molecule has 2 nitrogen and oxygen atoms in total. The summed E-state index contributed by atoms with van der Waals surface area (Å²) >= 11 is 2.99. The summed E-state index contributed by atoms with van der Waals surface area (Å²) in [4.78, 5) is 11.7. The maximum Gasteiger partial charge on any atom is 0.406 e. The molecule has 0 spiro atoms. The second-order valence-electron chi connectivity index (χ2n) is 3.43. The summed E-state index contributed by atoms with van der Waals surface area (Å²) in [5.74, 6) is -0.482. The van der Waals surface area contributed by atoms with Crippen LogP contribution in [0.5, 0.6) is 0 Å². The van der Waals surface area contributed by atoms with Crippen molar-refractivity contribution in [3.63, 3.8) is 0 Å². The van der Waals surface area contributed by atoms with Gasteiger partial charge in [-0.3, -0.25) is 4.79 Å². The zero-order valence-electron chi connectivity index (χ0n) is 7.64. The predicted molar refractivity (Wildman–Crippen MR) is 49.2 cm³/mol. The minimum absolute atomic E-state index is 0.205. The van der Waals surface area contributed by atoms with Gasteiger partial charge in [0.2, 0.25) is 5.91 Å². The molecule has 1 fully saturated rings. The molecule has 0 aromatic rings. The van der Waals surface area contributed by atoms with Crippen LogP contribution in [-0.2, 0) is 4.79 Å².